The Labute approximate surface area is 56.0 Å². The van der Waals surface area contributed by atoms with Gasteiger partial charge in [-0.3, -0.25) is 0 Å². The number of rotatable bonds is 0. The largest absolute Gasteiger partial charge is 0.348 e. The zero-order valence-electron chi connectivity index (χ0n) is 4.85. The monoisotopic (exact) mass is 174 g/mol. The van der Waals surface area contributed by atoms with Crippen molar-refractivity contribution < 1.29 is 21.6 Å². The molecule has 1 atom stereocenters. The van der Waals surface area contributed by atoms with Crippen LogP contribution in [0.25, 0.3) is 0 Å². The summed E-state index contributed by atoms with van der Waals surface area (Å²) in [6.07, 6.45) is -3.09. The Hall–Kier alpha value is -0.260. The van der Waals surface area contributed by atoms with Crippen LogP contribution >= 0.6 is 0 Å². The van der Waals surface area contributed by atoms with Gasteiger partial charge in [0.1, 0.15) is 6.17 Å². The second-order valence-electron chi connectivity index (χ2n) is 2.22. The van der Waals surface area contributed by atoms with Crippen LogP contribution in [0.1, 0.15) is 6.42 Å². The second-order valence-corrected chi connectivity index (χ2v) is 4.38. The van der Waals surface area contributed by atoms with Gasteiger partial charge in [0.05, 0.1) is 12.2 Å². The van der Waals surface area contributed by atoms with E-state index in [0.29, 0.717) is 0 Å². The van der Waals surface area contributed by atoms with Crippen molar-refractivity contribution in [3.63, 3.8) is 0 Å². The number of halogens is 3. The molecule has 1 unspecified atom stereocenters. The minimum atomic E-state index is -4.48. The second kappa shape index (κ2) is 1.87. The molecule has 60 valence electrons. The van der Waals surface area contributed by atoms with Crippen LogP contribution < -0.4 is 0 Å². The van der Waals surface area contributed by atoms with E-state index >= 15 is 0 Å². The van der Waals surface area contributed by atoms with Crippen molar-refractivity contribution in [1.82, 2.24) is 0 Å². The van der Waals surface area contributed by atoms with Gasteiger partial charge in [-0.15, -0.1) is 0 Å². The number of hydrogen-bond acceptors (Lipinski definition) is 2. The smallest absolute Gasteiger partial charge is 0.246 e. The van der Waals surface area contributed by atoms with Gasteiger partial charge in [-0.25, -0.2) is 12.8 Å². The predicted molar refractivity (Wildman–Crippen MR) is 28.2 cm³/mol. The van der Waals surface area contributed by atoms with Crippen molar-refractivity contribution >= 4 is 9.84 Å². The molecule has 0 bridgehead atoms. The Morgan fingerprint density at radius 3 is 2.00 bits per heavy atom. The lowest BCUT2D eigenvalue weighted by Crippen LogP contribution is -2.22. The van der Waals surface area contributed by atoms with Crippen LogP contribution in [-0.2, 0) is 9.84 Å². The molecule has 0 radical (unpaired) electrons. The Bertz CT molecular complexity index is 233. The van der Waals surface area contributed by atoms with E-state index in [0.717, 1.165) is 0 Å². The van der Waals surface area contributed by atoms with Crippen molar-refractivity contribution in [2.45, 2.75) is 17.8 Å². The molecule has 2 nitrogen and oxygen atoms in total. The summed E-state index contributed by atoms with van der Waals surface area (Å²) in [6.45, 7) is 0. The average Bonchev–Trinajstić information content (AvgIpc) is 1.73. The number of alkyl halides is 3. The molecule has 0 aliphatic carbocycles. The lowest BCUT2D eigenvalue weighted by atomic mass is 10.3. The lowest BCUT2D eigenvalue weighted by molar-refractivity contribution is 0.0738. The minimum Gasteiger partial charge on any atom is -0.246 e. The highest BCUT2D eigenvalue weighted by Gasteiger charge is 2.54. The third kappa shape index (κ3) is 1.00. The van der Waals surface area contributed by atoms with Gasteiger partial charge in [-0.05, 0) is 0 Å². The summed E-state index contributed by atoms with van der Waals surface area (Å²) < 4.78 is 57.0. The van der Waals surface area contributed by atoms with E-state index in [4.69, 9.17) is 0 Å². The van der Waals surface area contributed by atoms with Gasteiger partial charge in [-0.1, -0.05) is 0 Å². The topological polar surface area (TPSA) is 34.1 Å². The van der Waals surface area contributed by atoms with Crippen molar-refractivity contribution in [1.29, 1.82) is 0 Å². The SMILES string of the molecule is O=S1(=O)CC(F)CC1(F)F. The molecule has 1 saturated heterocycles. The summed E-state index contributed by atoms with van der Waals surface area (Å²) in [5, 5.41) is -3.84. The van der Waals surface area contributed by atoms with Gasteiger partial charge in [0.2, 0.25) is 9.84 Å². The van der Waals surface area contributed by atoms with Crippen LogP contribution in [0.5, 0.6) is 0 Å². The van der Waals surface area contributed by atoms with E-state index in [9.17, 15) is 21.6 Å². The molecule has 1 aliphatic heterocycles. The molecule has 0 amide bonds. The Kier molecular flexibility index (Phi) is 1.47. The van der Waals surface area contributed by atoms with Gasteiger partial charge >= 0.3 is 5.25 Å². The van der Waals surface area contributed by atoms with Crippen molar-refractivity contribution in [2.75, 3.05) is 5.75 Å². The fourth-order valence-corrected chi connectivity index (χ4v) is 2.08. The standard InChI is InChI=1S/C4H5F3O2S/c5-3-1-4(6,7)10(8,9)2-3/h3H,1-2H2. The van der Waals surface area contributed by atoms with Crippen LogP contribution in [-0.4, -0.2) is 25.6 Å². The maximum Gasteiger partial charge on any atom is 0.348 e. The van der Waals surface area contributed by atoms with Gasteiger partial charge in [-0.2, -0.15) is 8.78 Å². The first-order valence-electron chi connectivity index (χ1n) is 2.59. The fourth-order valence-electron chi connectivity index (χ4n) is 0.804. The molecule has 0 spiro atoms. The molecule has 1 heterocycles. The molecule has 1 rings (SSSR count). The van der Waals surface area contributed by atoms with E-state index in [1.54, 1.807) is 0 Å². The minimum absolute atomic E-state index is 1.04. The van der Waals surface area contributed by atoms with E-state index in [1.807, 2.05) is 0 Å². The summed E-state index contributed by atoms with van der Waals surface area (Å²) in [6, 6.07) is 0. The quantitative estimate of drug-likeness (QED) is 0.542. The molecule has 0 aromatic rings. The van der Waals surface area contributed by atoms with Gasteiger partial charge in [0, 0.05) is 0 Å². The highest BCUT2D eigenvalue weighted by atomic mass is 32.2. The first-order valence-corrected chi connectivity index (χ1v) is 4.24. The number of hydrogen-bond donors (Lipinski definition) is 0. The number of sulfone groups is 1. The van der Waals surface area contributed by atoms with E-state index < -0.39 is 33.4 Å². The maximum absolute atomic E-state index is 12.1. The molecule has 10 heavy (non-hydrogen) atoms. The molecule has 0 N–H and O–H groups in total. The molecule has 1 aliphatic rings. The summed E-state index contributed by atoms with van der Waals surface area (Å²) in [5.74, 6) is -1.04. The molecular formula is C4H5F3O2S. The maximum atomic E-state index is 12.1. The molecule has 1 fully saturated rings. The van der Waals surface area contributed by atoms with Gasteiger partial charge in [0.15, 0.2) is 0 Å². The summed E-state index contributed by atoms with van der Waals surface area (Å²) in [7, 11) is -4.48. The zero-order chi connectivity index (χ0) is 7.99. The van der Waals surface area contributed by atoms with Crippen molar-refractivity contribution in [3.8, 4) is 0 Å². The first-order chi connectivity index (χ1) is 4.35. The van der Waals surface area contributed by atoms with Crippen LogP contribution in [0.2, 0.25) is 0 Å². The van der Waals surface area contributed by atoms with Gasteiger partial charge in [0.25, 0.3) is 0 Å². The molecule has 0 aromatic carbocycles. The Morgan fingerprint density at radius 1 is 1.40 bits per heavy atom. The van der Waals surface area contributed by atoms with Crippen LogP contribution in [0, 0.1) is 0 Å². The third-order valence-electron chi connectivity index (χ3n) is 1.31. The van der Waals surface area contributed by atoms with Crippen molar-refractivity contribution in [3.05, 3.63) is 0 Å². The summed E-state index contributed by atoms with van der Waals surface area (Å²) in [5.41, 5.74) is 0. The Morgan fingerprint density at radius 2 is 1.90 bits per heavy atom. The highest BCUT2D eigenvalue weighted by molar-refractivity contribution is 7.92. The summed E-state index contributed by atoms with van der Waals surface area (Å²) >= 11 is 0. The predicted octanol–water partition coefficient (Wildman–Crippen LogP) is 0.736. The van der Waals surface area contributed by atoms with E-state index in [1.165, 1.54) is 0 Å². The molecule has 0 aromatic heterocycles. The molecule has 6 heteroatoms. The Balaban J connectivity index is 3.01. The molecule has 0 saturated carbocycles. The highest BCUT2D eigenvalue weighted by Crippen LogP contribution is 2.36. The normalized spacial score (nSPS) is 36.1. The van der Waals surface area contributed by atoms with E-state index in [2.05, 4.69) is 0 Å². The fraction of sp³-hybridized carbons (Fsp3) is 1.00. The van der Waals surface area contributed by atoms with Crippen LogP contribution in [0.4, 0.5) is 13.2 Å². The third-order valence-corrected chi connectivity index (χ3v) is 3.19. The summed E-state index contributed by atoms with van der Waals surface area (Å²) in [4.78, 5) is 0. The van der Waals surface area contributed by atoms with E-state index in [-0.39, 0.29) is 0 Å². The van der Waals surface area contributed by atoms with Crippen molar-refractivity contribution in [2.24, 2.45) is 0 Å². The molecular weight excluding hydrogens is 169 g/mol. The lowest BCUT2D eigenvalue weighted by Gasteiger charge is -2.04. The van der Waals surface area contributed by atoms with Crippen LogP contribution in [0.15, 0.2) is 0 Å². The average molecular weight is 174 g/mol. The first kappa shape index (κ1) is 7.84. The van der Waals surface area contributed by atoms with Gasteiger partial charge < -0.3 is 0 Å². The van der Waals surface area contributed by atoms with Crippen LogP contribution in [0.3, 0.4) is 0 Å². The zero-order valence-corrected chi connectivity index (χ0v) is 5.67.